The van der Waals surface area contributed by atoms with Gasteiger partial charge in [-0.3, -0.25) is 0 Å². The van der Waals surface area contributed by atoms with E-state index in [2.05, 4.69) is 9.97 Å². The number of benzene rings is 1. The number of nitrogens with zero attached hydrogens (tertiary/aromatic N) is 1. The van der Waals surface area contributed by atoms with Crippen LogP contribution in [0.3, 0.4) is 0 Å². The number of imidazole rings is 1. The molecule has 0 aliphatic heterocycles. The number of carboxylic acids is 1. The minimum Gasteiger partial charge on any atom is -0.479 e. The van der Waals surface area contributed by atoms with Crippen molar-refractivity contribution in [3.05, 3.63) is 30.1 Å². The minimum atomic E-state index is -2.20. The normalized spacial score (nSPS) is 17.6. The number of aromatic amines is 1. The number of aliphatic hydroxyl groups is 4. The Bertz CT molecular complexity index is 580. The number of H-pyrrole nitrogens is 1. The molecule has 0 aliphatic rings. The van der Waals surface area contributed by atoms with Crippen LogP contribution in [0.5, 0.6) is 0 Å². The Hall–Kier alpha value is -2.00. The molecule has 0 radical (unpaired) electrons. The van der Waals surface area contributed by atoms with Crippen molar-refractivity contribution in [3.63, 3.8) is 0 Å². The number of aliphatic carboxylic acids is 1. The zero-order valence-electron chi connectivity index (χ0n) is 10.2. The second kappa shape index (κ2) is 5.55. The van der Waals surface area contributed by atoms with Gasteiger partial charge in [-0.1, -0.05) is 12.1 Å². The zero-order valence-corrected chi connectivity index (χ0v) is 10.2. The van der Waals surface area contributed by atoms with E-state index in [9.17, 15) is 20.1 Å². The molecule has 108 valence electrons. The highest BCUT2D eigenvalue weighted by Crippen LogP contribution is 2.21. The molecule has 0 aliphatic carbocycles. The number of nitrogens with one attached hydrogen (secondary N) is 1. The van der Waals surface area contributed by atoms with Crippen LogP contribution in [-0.2, 0) is 4.79 Å². The summed E-state index contributed by atoms with van der Waals surface area (Å²) in [5.74, 6) is -1.73. The van der Waals surface area contributed by atoms with E-state index in [4.69, 9.17) is 10.2 Å². The van der Waals surface area contributed by atoms with Crippen molar-refractivity contribution in [3.8, 4) is 0 Å². The Labute approximate surface area is 112 Å². The van der Waals surface area contributed by atoms with Crippen molar-refractivity contribution in [2.45, 2.75) is 24.4 Å². The van der Waals surface area contributed by atoms with E-state index in [-0.39, 0.29) is 5.82 Å². The lowest BCUT2D eigenvalue weighted by Gasteiger charge is -2.23. The van der Waals surface area contributed by atoms with Gasteiger partial charge in [0, 0.05) is 0 Å². The van der Waals surface area contributed by atoms with E-state index >= 15 is 0 Å². The molecule has 0 saturated heterocycles. The molecule has 0 unspecified atom stereocenters. The Kier molecular flexibility index (Phi) is 4.00. The quantitative estimate of drug-likeness (QED) is 0.402. The second-order valence-electron chi connectivity index (χ2n) is 4.35. The first-order valence-electron chi connectivity index (χ1n) is 5.81. The third-order valence-corrected chi connectivity index (χ3v) is 2.94. The lowest BCUT2D eigenvalue weighted by Crippen LogP contribution is -2.45. The summed E-state index contributed by atoms with van der Waals surface area (Å²) in [7, 11) is 0. The largest absolute Gasteiger partial charge is 0.479 e. The van der Waals surface area contributed by atoms with Crippen molar-refractivity contribution >= 4 is 17.0 Å². The summed E-state index contributed by atoms with van der Waals surface area (Å²) in [4.78, 5) is 17.3. The number of fused-ring (bicyclic) bond motifs is 1. The maximum Gasteiger partial charge on any atom is 0.335 e. The van der Waals surface area contributed by atoms with Crippen LogP contribution in [0.2, 0.25) is 0 Å². The molecule has 1 aromatic carbocycles. The van der Waals surface area contributed by atoms with Crippen LogP contribution in [0.1, 0.15) is 11.9 Å². The van der Waals surface area contributed by atoms with Gasteiger partial charge in [0.05, 0.1) is 11.0 Å². The Balaban J connectivity index is 2.21. The van der Waals surface area contributed by atoms with Gasteiger partial charge in [-0.15, -0.1) is 0 Å². The Morgan fingerprint density at radius 2 is 1.75 bits per heavy atom. The number of rotatable bonds is 5. The van der Waals surface area contributed by atoms with Crippen molar-refractivity contribution in [1.29, 1.82) is 0 Å². The first-order chi connectivity index (χ1) is 9.41. The highest BCUT2D eigenvalue weighted by atomic mass is 16.4. The third-order valence-electron chi connectivity index (χ3n) is 2.94. The van der Waals surface area contributed by atoms with Gasteiger partial charge in [-0.05, 0) is 12.1 Å². The summed E-state index contributed by atoms with van der Waals surface area (Å²) in [5, 5.41) is 46.8. The zero-order chi connectivity index (χ0) is 14.9. The second-order valence-corrected chi connectivity index (χ2v) is 4.35. The van der Waals surface area contributed by atoms with Crippen LogP contribution in [0.15, 0.2) is 24.3 Å². The summed E-state index contributed by atoms with van der Waals surface area (Å²) >= 11 is 0. The molecule has 8 nitrogen and oxygen atoms in total. The highest BCUT2D eigenvalue weighted by molar-refractivity contribution is 5.75. The van der Waals surface area contributed by atoms with Crippen molar-refractivity contribution in [1.82, 2.24) is 9.97 Å². The van der Waals surface area contributed by atoms with E-state index in [1.165, 1.54) is 0 Å². The molecule has 0 spiro atoms. The summed E-state index contributed by atoms with van der Waals surface area (Å²) < 4.78 is 0. The van der Waals surface area contributed by atoms with E-state index < -0.39 is 30.4 Å². The van der Waals surface area contributed by atoms with Crippen molar-refractivity contribution < 1.29 is 30.3 Å². The van der Waals surface area contributed by atoms with Gasteiger partial charge in [0.1, 0.15) is 24.1 Å². The molecule has 0 fully saturated rings. The average Bonchev–Trinajstić information content (AvgIpc) is 2.87. The molecule has 20 heavy (non-hydrogen) atoms. The molecule has 0 amide bonds. The van der Waals surface area contributed by atoms with Crippen molar-refractivity contribution in [2.75, 3.05) is 0 Å². The van der Waals surface area contributed by atoms with Gasteiger partial charge < -0.3 is 30.5 Å². The van der Waals surface area contributed by atoms with Crippen LogP contribution in [-0.4, -0.2) is 59.8 Å². The van der Waals surface area contributed by atoms with Gasteiger partial charge in [-0.25, -0.2) is 9.78 Å². The molecule has 4 atom stereocenters. The molecule has 6 N–H and O–H groups in total. The predicted octanol–water partition coefficient (Wildman–Crippen LogP) is -1.24. The van der Waals surface area contributed by atoms with E-state index in [0.717, 1.165) is 0 Å². The van der Waals surface area contributed by atoms with Crippen LogP contribution in [0, 0.1) is 0 Å². The summed E-state index contributed by atoms with van der Waals surface area (Å²) in [6.45, 7) is 0. The minimum absolute atomic E-state index is 0.0321. The van der Waals surface area contributed by atoms with Gasteiger partial charge in [0.15, 0.2) is 6.10 Å². The van der Waals surface area contributed by atoms with E-state index in [1.807, 2.05) is 0 Å². The SMILES string of the molecule is O=C(O)[C@@H](O)[C@H](O)[C@H](O)[C@@H](O)c1nc2ccccc2[nH]1. The number of hydrogen-bond acceptors (Lipinski definition) is 6. The number of aromatic nitrogens is 2. The highest BCUT2D eigenvalue weighted by Gasteiger charge is 2.36. The molecular weight excluding hydrogens is 268 g/mol. The topological polar surface area (TPSA) is 147 Å². The van der Waals surface area contributed by atoms with Crippen LogP contribution >= 0.6 is 0 Å². The molecule has 1 aromatic heterocycles. The molecule has 0 saturated carbocycles. The molecule has 1 heterocycles. The first-order valence-corrected chi connectivity index (χ1v) is 5.81. The summed E-state index contributed by atoms with van der Waals surface area (Å²) in [5.41, 5.74) is 1.16. The maximum atomic E-state index is 10.5. The van der Waals surface area contributed by atoms with E-state index in [1.54, 1.807) is 24.3 Å². The van der Waals surface area contributed by atoms with Gasteiger partial charge in [0.2, 0.25) is 0 Å². The predicted molar refractivity (Wildman–Crippen MR) is 66.7 cm³/mol. The number of carboxylic acid groups (broad SMARTS) is 1. The van der Waals surface area contributed by atoms with Gasteiger partial charge in [-0.2, -0.15) is 0 Å². The lowest BCUT2D eigenvalue weighted by atomic mass is 10.0. The third kappa shape index (κ3) is 2.63. The fraction of sp³-hybridized carbons (Fsp3) is 0.333. The maximum absolute atomic E-state index is 10.5. The van der Waals surface area contributed by atoms with Crippen LogP contribution in [0.4, 0.5) is 0 Å². The fourth-order valence-corrected chi connectivity index (χ4v) is 1.79. The van der Waals surface area contributed by atoms with E-state index in [0.29, 0.717) is 11.0 Å². The van der Waals surface area contributed by atoms with Gasteiger partial charge in [0.25, 0.3) is 0 Å². The summed E-state index contributed by atoms with van der Waals surface area (Å²) in [6, 6.07) is 6.86. The van der Waals surface area contributed by atoms with Crippen molar-refractivity contribution in [2.24, 2.45) is 0 Å². The molecular formula is C12H14N2O6. The number of hydrogen-bond donors (Lipinski definition) is 6. The smallest absolute Gasteiger partial charge is 0.335 e. The molecule has 8 heteroatoms. The molecule has 2 rings (SSSR count). The number of para-hydroxylation sites is 2. The summed E-state index contributed by atoms with van der Waals surface area (Å²) in [6.07, 6.45) is -7.81. The monoisotopic (exact) mass is 282 g/mol. The lowest BCUT2D eigenvalue weighted by molar-refractivity contribution is -0.163. The molecule has 0 bridgehead atoms. The van der Waals surface area contributed by atoms with Crippen LogP contribution < -0.4 is 0 Å². The fourth-order valence-electron chi connectivity index (χ4n) is 1.79. The molecule has 2 aromatic rings. The number of carbonyl (C=O) groups is 1. The number of aliphatic hydroxyl groups excluding tert-OH is 4. The Morgan fingerprint density at radius 1 is 1.10 bits per heavy atom. The van der Waals surface area contributed by atoms with Crippen LogP contribution in [0.25, 0.3) is 11.0 Å². The average molecular weight is 282 g/mol. The first kappa shape index (κ1) is 14.4. The Morgan fingerprint density at radius 3 is 2.35 bits per heavy atom. The standard InChI is InChI=1S/C12H14N2O6/c15-7(8(16)10(18)12(19)20)9(17)11-13-5-3-1-2-4-6(5)14-11/h1-4,7-10,15-18H,(H,13,14)(H,19,20)/t7-,8+,9+,10-/m0/s1. The van der Waals surface area contributed by atoms with Gasteiger partial charge >= 0.3 is 5.97 Å².